The molecule has 2 heterocycles. The van der Waals surface area contributed by atoms with E-state index in [-0.39, 0.29) is 0 Å². The van der Waals surface area contributed by atoms with Gasteiger partial charge in [0.15, 0.2) is 0 Å². The lowest BCUT2D eigenvalue weighted by molar-refractivity contribution is 0.720. The lowest BCUT2D eigenvalue weighted by Crippen LogP contribution is -2.14. The molecule has 21 heavy (non-hydrogen) atoms. The number of aryl methyl sites for hydroxylation is 1. The fourth-order valence-electron chi connectivity index (χ4n) is 2.88. The molecular weight excluding hydrogens is 280 g/mol. The fourth-order valence-corrected chi connectivity index (χ4v) is 3.20. The molecule has 0 N–H and O–H groups in total. The third-order valence-corrected chi connectivity index (χ3v) is 4.21. The van der Waals surface area contributed by atoms with E-state index in [0.29, 0.717) is 0 Å². The van der Waals surface area contributed by atoms with Crippen LogP contribution in [0.4, 0.5) is 5.69 Å². The van der Waals surface area contributed by atoms with Gasteiger partial charge in [0, 0.05) is 18.2 Å². The van der Waals surface area contributed by atoms with E-state index in [1.807, 2.05) is 34.2 Å². The van der Waals surface area contributed by atoms with Crippen LogP contribution < -0.4 is 4.31 Å². The summed E-state index contributed by atoms with van der Waals surface area (Å²) in [4.78, 5) is 0. The molecule has 0 fully saturated rings. The normalized spacial score (nSPS) is 13.0. The van der Waals surface area contributed by atoms with Crippen molar-refractivity contribution < 1.29 is 0 Å². The maximum atomic E-state index is 4.66. The van der Waals surface area contributed by atoms with Crippen LogP contribution in [0.3, 0.4) is 0 Å². The van der Waals surface area contributed by atoms with Crippen LogP contribution in [0.2, 0.25) is 0 Å². The van der Waals surface area contributed by atoms with Gasteiger partial charge in [0.05, 0.1) is 17.9 Å². The number of para-hydroxylation sites is 1. The molecule has 0 saturated carbocycles. The van der Waals surface area contributed by atoms with Gasteiger partial charge in [-0.05, 0) is 11.6 Å². The molecule has 0 spiro atoms. The summed E-state index contributed by atoms with van der Waals surface area (Å²) >= 11 is 4.66. The third kappa shape index (κ3) is 1.85. The van der Waals surface area contributed by atoms with E-state index < -0.39 is 0 Å². The second-order valence-corrected chi connectivity index (χ2v) is 5.63. The molecule has 0 saturated heterocycles. The molecule has 0 bridgehead atoms. The zero-order chi connectivity index (χ0) is 14.4. The van der Waals surface area contributed by atoms with E-state index in [4.69, 9.17) is 0 Å². The van der Waals surface area contributed by atoms with Crippen molar-refractivity contribution in [1.29, 1.82) is 0 Å². The monoisotopic (exact) mass is 294 g/mol. The number of aromatic nitrogens is 3. The Balaban J connectivity index is 2.11. The number of anilines is 1. The summed E-state index contributed by atoms with van der Waals surface area (Å²) in [5.74, 6) is 0. The topological polar surface area (TPSA) is 34.0 Å². The van der Waals surface area contributed by atoms with E-state index in [1.165, 1.54) is 5.56 Å². The summed E-state index contributed by atoms with van der Waals surface area (Å²) in [7, 11) is 1.94. The molecule has 1 aliphatic heterocycles. The Morgan fingerprint density at radius 2 is 1.71 bits per heavy atom. The first kappa shape index (κ1) is 12.5. The maximum absolute atomic E-state index is 4.66. The molecular formula is C16H14N4S. The van der Waals surface area contributed by atoms with Crippen LogP contribution in [0.25, 0.3) is 22.5 Å². The van der Waals surface area contributed by atoms with Gasteiger partial charge in [-0.25, -0.2) is 4.68 Å². The smallest absolute Gasteiger partial charge is 0.123 e. The zero-order valence-electron chi connectivity index (χ0n) is 11.6. The van der Waals surface area contributed by atoms with Crippen LogP contribution in [-0.4, -0.2) is 15.0 Å². The van der Waals surface area contributed by atoms with Gasteiger partial charge in [-0.15, -0.1) is 5.10 Å². The summed E-state index contributed by atoms with van der Waals surface area (Å²) in [6.45, 7) is 0.737. The van der Waals surface area contributed by atoms with Crippen LogP contribution in [0, 0.1) is 0 Å². The highest BCUT2D eigenvalue weighted by atomic mass is 32.1. The first-order chi connectivity index (χ1) is 10.3. The lowest BCUT2D eigenvalue weighted by atomic mass is 9.97. The second-order valence-electron chi connectivity index (χ2n) is 5.14. The van der Waals surface area contributed by atoms with Crippen molar-refractivity contribution in [3.05, 3.63) is 54.1 Å². The Morgan fingerprint density at radius 3 is 2.57 bits per heavy atom. The molecule has 5 heteroatoms. The highest BCUT2D eigenvalue weighted by Gasteiger charge is 2.24. The predicted molar refractivity (Wildman–Crippen MR) is 87.0 cm³/mol. The summed E-state index contributed by atoms with van der Waals surface area (Å²) in [5.41, 5.74) is 6.45. The summed E-state index contributed by atoms with van der Waals surface area (Å²) in [6.07, 6.45) is 0. The number of benzene rings is 2. The molecule has 0 unspecified atom stereocenters. The number of nitrogens with zero attached hydrogens (tertiary/aromatic N) is 4. The molecule has 4 rings (SSSR count). The average Bonchev–Trinajstić information content (AvgIpc) is 2.88. The quantitative estimate of drug-likeness (QED) is 0.646. The third-order valence-electron chi connectivity index (χ3n) is 3.86. The first-order valence-electron chi connectivity index (χ1n) is 6.79. The molecule has 3 aromatic rings. The second kappa shape index (κ2) is 4.63. The van der Waals surface area contributed by atoms with Gasteiger partial charge in [-0.2, -0.15) is 0 Å². The standard InChI is InChI=1S/C16H14N4S/c1-19-16-12-7-3-2-6-11(12)10-20(21)14-9-5-4-8-13(14)15(16)17-18-19/h2-9,21H,10H2,1H3. The largest absolute Gasteiger partial charge is 0.314 e. The van der Waals surface area contributed by atoms with Crippen molar-refractivity contribution in [2.24, 2.45) is 7.05 Å². The Hall–Kier alpha value is -2.27. The van der Waals surface area contributed by atoms with E-state index in [2.05, 4.69) is 53.5 Å². The molecule has 2 aromatic carbocycles. The summed E-state index contributed by atoms with van der Waals surface area (Å²) in [5, 5.41) is 8.61. The minimum absolute atomic E-state index is 0.737. The Kier molecular flexibility index (Phi) is 2.75. The van der Waals surface area contributed by atoms with Crippen molar-refractivity contribution in [2.75, 3.05) is 4.31 Å². The van der Waals surface area contributed by atoms with E-state index in [9.17, 15) is 0 Å². The maximum Gasteiger partial charge on any atom is 0.123 e. The molecule has 1 aromatic heterocycles. The Labute approximate surface area is 128 Å². The van der Waals surface area contributed by atoms with Gasteiger partial charge in [-0.3, -0.25) is 0 Å². The molecule has 1 aliphatic rings. The molecule has 0 radical (unpaired) electrons. The molecule has 4 nitrogen and oxygen atoms in total. The average molecular weight is 294 g/mol. The van der Waals surface area contributed by atoms with Crippen LogP contribution >= 0.6 is 12.8 Å². The van der Waals surface area contributed by atoms with E-state index >= 15 is 0 Å². The number of hydrogen-bond acceptors (Lipinski definition) is 4. The Bertz CT molecular complexity index is 825. The van der Waals surface area contributed by atoms with Crippen LogP contribution in [0.15, 0.2) is 48.5 Å². The number of fused-ring (bicyclic) bond motifs is 5. The van der Waals surface area contributed by atoms with E-state index in [0.717, 1.165) is 34.7 Å². The predicted octanol–water partition coefficient (Wildman–Crippen LogP) is 3.31. The summed E-state index contributed by atoms with van der Waals surface area (Å²) in [6, 6.07) is 16.5. The van der Waals surface area contributed by atoms with Crippen LogP contribution in [-0.2, 0) is 13.6 Å². The first-order valence-corrected chi connectivity index (χ1v) is 7.19. The van der Waals surface area contributed by atoms with Gasteiger partial charge in [-0.1, -0.05) is 60.5 Å². The van der Waals surface area contributed by atoms with Gasteiger partial charge in [0.2, 0.25) is 0 Å². The molecule has 0 aliphatic carbocycles. The van der Waals surface area contributed by atoms with Crippen molar-refractivity contribution in [3.63, 3.8) is 0 Å². The zero-order valence-corrected chi connectivity index (χ0v) is 12.5. The minimum atomic E-state index is 0.737. The van der Waals surface area contributed by atoms with Gasteiger partial charge in [0.25, 0.3) is 0 Å². The van der Waals surface area contributed by atoms with Crippen LogP contribution in [0.1, 0.15) is 5.56 Å². The highest BCUT2D eigenvalue weighted by Crippen LogP contribution is 2.40. The van der Waals surface area contributed by atoms with Crippen molar-refractivity contribution in [1.82, 2.24) is 15.0 Å². The lowest BCUT2D eigenvalue weighted by Gasteiger charge is -2.25. The number of thiol groups is 1. The van der Waals surface area contributed by atoms with E-state index in [1.54, 1.807) is 0 Å². The SMILES string of the molecule is Cn1nnc2c1-c1ccccc1CN(S)c1ccccc1-2. The molecule has 0 atom stereocenters. The van der Waals surface area contributed by atoms with Crippen molar-refractivity contribution >= 4 is 18.5 Å². The molecule has 0 amide bonds. The fraction of sp³-hybridized carbons (Fsp3) is 0.125. The van der Waals surface area contributed by atoms with Gasteiger partial charge >= 0.3 is 0 Å². The molecule has 104 valence electrons. The summed E-state index contributed by atoms with van der Waals surface area (Å²) < 4.78 is 3.81. The van der Waals surface area contributed by atoms with Gasteiger partial charge in [0.1, 0.15) is 5.69 Å². The Morgan fingerprint density at radius 1 is 1.00 bits per heavy atom. The number of hydrogen-bond donors (Lipinski definition) is 1. The minimum Gasteiger partial charge on any atom is -0.314 e. The van der Waals surface area contributed by atoms with Crippen molar-refractivity contribution in [2.45, 2.75) is 6.54 Å². The highest BCUT2D eigenvalue weighted by molar-refractivity contribution is 7.81. The number of rotatable bonds is 0. The van der Waals surface area contributed by atoms with Crippen LogP contribution in [0.5, 0.6) is 0 Å². The van der Waals surface area contributed by atoms with Crippen molar-refractivity contribution in [3.8, 4) is 22.5 Å². The van der Waals surface area contributed by atoms with Gasteiger partial charge < -0.3 is 4.31 Å².